The maximum Gasteiger partial charge on any atom is 0.257 e. The number of nitrogens with zero attached hydrogens (tertiary/aromatic N) is 4. The van der Waals surface area contributed by atoms with Crippen LogP contribution in [0.4, 0.5) is 16.6 Å². The third-order valence-electron chi connectivity index (χ3n) is 4.62. The van der Waals surface area contributed by atoms with Gasteiger partial charge in [0, 0.05) is 33.1 Å². The number of phenols is 1. The van der Waals surface area contributed by atoms with Gasteiger partial charge in [0.1, 0.15) is 17.9 Å². The fourth-order valence-corrected chi connectivity index (χ4v) is 4.48. The lowest BCUT2D eigenvalue weighted by Crippen LogP contribution is -2.12. The fraction of sp³-hybridized carbons (Fsp3) is 0. The van der Waals surface area contributed by atoms with E-state index in [-0.39, 0.29) is 11.7 Å². The second-order valence-electron chi connectivity index (χ2n) is 6.82. The highest BCUT2D eigenvalue weighted by Gasteiger charge is 2.14. The molecule has 0 atom stereocenters. The molecule has 3 N–H and O–H groups in total. The average Bonchev–Trinajstić information content (AvgIpc) is 3.35. The molecule has 0 radical (unpaired) electrons. The molecule has 33 heavy (non-hydrogen) atoms. The van der Waals surface area contributed by atoms with E-state index in [1.54, 1.807) is 42.0 Å². The van der Waals surface area contributed by atoms with Crippen molar-refractivity contribution in [3.05, 3.63) is 84.3 Å². The second-order valence-corrected chi connectivity index (χ2v) is 8.83. The molecule has 8 nitrogen and oxygen atoms in total. The summed E-state index contributed by atoms with van der Waals surface area (Å²) in [6, 6.07) is 16.0. The average molecular weight is 473 g/mol. The highest BCUT2D eigenvalue weighted by atomic mass is 32.2. The summed E-state index contributed by atoms with van der Waals surface area (Å²) < 4.78 is 0. The Morgan fingerprint density at radius 2 is 1.85 bits per heavy atom. The number of amides is 1. The summed E-state index contributed by atoms with van der Waals surface area (Å²) in [6.07, 6.45) is 4.76. The Labute approximate surface area is 196 Å². The normalized spacial score (nSPS) is 10.8. The van der Waals surface area contributed by atoms with E-state index in [1.165, 1.54) is 29.4 Å². The van der Waals surface area contributed by atoms with Crippen LogP contribution in [0, 0.1) is 0 Å². The molecule has 0 aliphatic heterocycles. The monoisotopic (exact) mass is 472 g/mol. The van der Waals surface area contributed by atoms with Crippen LogP contribution in [0.2, 0.25) is 0 Å². The number of fused-ring (bicyclic) bond motifs is 1. The van der Waals surface area contributed by atoms with E-state index in [4.69, 9.17) is 0 Å². The number of thiazole rings is 1. The van der Waals surface area contributed by atoms with E-state index >= 15 is 0 Å². The van der Waals surface area contributed by atoms with Crippen LogP contribution in [0.25, 0.3) is 11.0 Å². The molecule has 5 rings (SSSR count). The molecule has 0 saturated heterocycles. The van der Waals surface area contributed by atoms with E-state index < -0.39 is 0 Å². The van der Waals surface area contributed by atoms with Crippen molar-refractivity contribution in [2.75, 3.05) is 10.6 Å². The maximum atomic E-state index is 12.8. The van der Waals surface area contributed by atoms with Gasteiger partial charge in [-0.15, -0.1) is 11.3 Å². The first kappa shape index (κ1) is 20.9. The molecular weight excluding hydrogens is 456 g/mol. The molecule has 0 fully saturated rings. The number of pyridine rings is 1. The molecule has 0 saturated carbocycles. The minimum absolute atomic E-state index is 0.201. The molecule has 5 aromatic rings. The van der Waals surface area contributed by atoms with Crippen molar-refractivity contribution in [2.45, 2.75) is 9.79 Å². The molecule has 162 valence electrons. The molecule has 10 heteroatoms. The van der Waals surface area contributed by atoms with Gasteiger partial charge in [0.05, 0.1) is 11.1 Å². The Morgan fingerprint density at radius 1 is 0.970 bits per heavy atom. The maximum absolute atomic E-state index is 12.8. The van der Waals surface area contributed by atoms with Crippen LogP contribution in [0.5, 0.6) is 5.75 Å². The third kappa shape index (κ3) is 4.76. The van der Waals surface area contributed by atoms with Gasteiger partial charge in [0.15, 0.2) is 10.8 Å². The summed E-state index contributed by atoms with van der Waals surface area (Å²) >= 11 is 2.85. The first-order chi connectivity index (χ1) is 16.2. The zero-order chi connectivity index (χ0) is 22.6. The summed E-state index contributed by atoms with van der Waals surface area (Å²) in [5, 5.41) is 18.8. The van der Waals surface area contributed by atoms with Crippen molar-refractivity contribution < 1.29 is 9.90 Å². The molecule has 3 aromatic heterocycles. The first-order valence-corrected chi connectivity index (χ1v) is 11.5. The number of phenolic OH excluding ortho intramolecular Hbond substituents is 1. The molecule has 2 aromatic carbocycles. The molecular formula is C23H16N6O2S2. The molecule has 0 spiro atoms. The van der Waals surface area contributed by atoms with Gasteiger partial charge >= 0.3 is 0 Å². The standard InChI is InChI=1S/C23H16N6O2S2/c30-15-4-6-16(7-5-15)33-19-8-3-14(22(31)29-23-25-10-11-32-23)12-18(19)28-21-17-2-1-9-24-20(17)26-13-27-21/h1-13,30H,(H,25,29,31)(H,24,26,27,28). The largest absolute Gasteiger partial charge is 0.508 e. The summed E-state index contributed by atoms with van der Waals surface area (Å²) in [7, 11) is 0. The van der Waals surface area contributed by atoms with E-state index in [9.17, 15) is 9.90 Å². The van der Waals surface area contributed by atoms with Crippen LogP contribution >= 0.6 is 23.1 Å². The van der Waals surface area contributed by atoms with Crippen molar-refractivity contribution in [1.29, 1.82) is 0 Å². The molecule has 3 heterocycles. The molecule has 0 aliphatic rings. The number of nitrogens with one attached hydrogen (secondary N) is 2. The predicted octanol–water partition coefficient (Wildman–Crippen LogP) is 5.33. The summed E-state index contributed by atoms with van der Waals surface area (Å²) in [5.41, 5.74) is 1.74. The molecule has 1 amide bonds. The second kappa shape index (κ2) is 9.23. The van der Waals surface area contributed by atoms with E-state index in [1.807, 2.05) is 30.3 Å². The minimum atomic E-state index is -0.261. The first-order valence-electron chi connectivity index (χ1n) is 9.80. The van der Waals surface area contributed by atoms with Crippen LogP contribution < -0.4 is 10.6 Å². The van der Waals surface area contributed by atoms with Gasteiger partial charge in [-0.25, -0.2) is 19.9 Å². The van der Waals surface area contributed by atoms with Gasteiger partial charge in [0.2, 0.25) is 0 Å². The van der Waals surface area contributed by atoms with Gasteiger partial charge in [-0.2, -0.15) is 0 Å². The molecule has 0 aliphatic carbocycles. The topological polar surface area (TPSA) is 113 Å². The lowest BCUT2D eigenvalue weighted by atomic mass is 10.2. The predicted molar refractivity (Wildman–Crippen MR) is 129 cm³/mol. The van der Waals surface area contributed by atoms with Crippen molar-refractivity contribution in [3.63, 3.8) is 0 Å². The Bertz CT molecular complexity index is 1420. The number of carbonyl (C=O) groups is 1. The Hall–Kier alpha value is -4.02. The number of anilines is 3. The van der Waals surface area contributed by atoms with E-state index in [0.717, 1.165) is 15.2 Å². The van der Waals surface area contributed by atoms with Gasteiger partial charge in [0.25, 0.3) is 5.91 Å². The Balaban J connectivity index is 1.52. The molecule has 0 bridgehead atoms. The van der Waals surface area contributed by atoms with Crippen molar-refractivity contribution >= 4 is 56.7 Å². The van der Waals surface area contributed by atoms with Gasteiger partial charge in [-0.1, -0.05) is 11.8 Å². The zero-order valence-corrected chi connectivity index (χ0v) is 18.6. The van der Waals surface area contributed by atoms with Crippen LogP contribution in [0.1, 0.15) is 10.4 Å². The summed E-state index contributed by atoms with van der Waals surface area (Å²) in [4.78, 5) is 31.6. The molecule has 0 unspecified atom stereocenters. The van der Waals surface area contributed by atoms with Gasteiger partial charge < -0.3 is 10.4 Å². The number of hydrogen-bond donors (Lipinski definition) is 3. The lowest BCUT2D eigenvalue weighted by Gasteiger charge is -2.14. The summed E-state index contributed by atoms with van der Waals surface area (Å²) in [5.74, 6) is 0.522. The lowest BCUT2D eigenvalue weighted by molar-refractivity contribution is 0.102. The van der Waals surface area contributed by atoms with Crippen LogP contribution in [-0.4, -0.2) is 30.9 Å². The van der Waals surface area contributed by atoms with E-state index in [0.29, 0.717) is 27.8 Å². The highest BCUT2D eigenvalue weighted by Crippen LogP contribution is 2.37. The van der Waals surface area contributed by atoms with Crippen molar-refractivity contribution in [3.8, 4) is 5.75 Å². The minimum Gasteiger partial charge on any atom is -0.508 e. The number of hydrogen-bond acceptors (Lipinski definition) is 9. The van der Waals surface area contributed by atoms with Crippen LogP contribution in [0.3, 0.4) is 0 Å². The van der Waals surface area contributed by atoms with Crippen molar-refractivity contribution in [1.82, 2.24) is 19.9 Å². The Kier molecular flexibility index (Phi) is 5.83. The fourth-order valence-electron chi connectivity index (χ4n) is 3.08. The number of rotatable bonds is 6. The Morgan fingerprint density at radius 3 is 2.67 bits per heavy atom. The van der Waals surface area contributed by atoms with Crippen LogP contribution in [-0.2, 0) is 0 Å². The number of aromatic nitrogens is 4. The zero-order valence-electron chi connectivity index (χ0n) is 17.0. The smallest absolute Gasteiger partial charge is 0.257 e. The number of benzene rings is 2. The van der Waals surface area contributed by atoms with Crippen LogP contribution in [0.15, 0.2) is 88.5 Å². The number of aromatic hydroxyl groups is 1. The third-order valence-corrected chi connectivity index (χ3v) is 6.39. The van der Waals surface area contributed by atoms with Crippen molar-refractivity contribution in [2.24, 2.45) is 0 Å². The quantitative estimate of drug-likeness (QED) is 0.304. The highest BCUT2D eigenvalue weighted by molar-refractivity contribution is 7.99. The number of carbonyl (C=O) groups excluding carboxylic acids is 1. The van der Waals surface area contributed by atoms with E-state index in [2.05, 4.69) is 30.6 Å². The summed E-state index contributed by atoms with van der Waals surface area (Å²) in [6.45, 7) is 0. The van der Waals surface area contributed by atoms with Gasteiger partial charge in [-0.3, -0.25) is 10.1 Å². The SMILES string of the molecule is O=C(Nc1nccs1)c1ccc(Sc2ccc(O)cc2)c(Nc2ncnc3ncccc23)c1. The van der Waals surface area contributed by atoms with Gasteiger partial charge in [-0.05, 0) is 54.6 Å².